The molecule has 0 spiro atoms. The third-order valence-electron chi connectivity index (χ3n) is 4.23. The maximum Gasteiger partial charge on any atom is 0.417 e. The Morgan fingerprint density at radius 2 is 1.70 bits per heavy atom. The predicted molar refractivity (Wildman–Crippen MR) is 95.2 cm³/mol. The van der Waals surface area contributed by atoms with Gasteiger partial charge in [0.1, 0.15) is 5.82 Å². The Hall–Kier alpha value is -2.29. The Balaban J connectivity index is 1.47. The van der Waals surface area contributed by atoms with Crippen molar-refractivity contribution in [1.29, 1.82) is 0 Å². The lowest BCUT2D eigenvalue weighted by atomic mass is 10.2. The molecule has 2 heterocycles. The van der Waals surface area contributed by atoms with Crippen LogP contribution in [0, 0.1) is 5.82 Å². The van der Waals surface area contributed by atoms with E-state index in [1.54, 1.807) is 17.0 Å². The van der Waals surface area contributed by atoms with Crippen molar-refractivity contribution in [3.8, 4) is 0 Å². The van der Waals surface area contributed by atoms with E-state index in [1.165, 1.54) is 18.2 Å². The first-order chi connectivity index (χ1) is 12.8. The highest BCUT2D eigenvalue weighted by Crippen LogP contribution is 2.29. The molecule has 3 rings (SSSR count). The van der Waals surface area contributed by atoms with Gasteiger partial charge in [0.15, 0.2) is 0 Å². The maximum absolute atomic E-state index is 13.0. The van der Waals surface area contributed by atoms with E-state index in [0.717, 1.165) is 29.7 Å². The number of amides is 1. The number of anilines is 1. The molecule has 144 valence electrons. The van der Waals surface area contributed by atoms with Gasteiger partial charge >= 0.3 is 6.18 Å². The number of hydrogen-bond acceptors (Lipinski definition) is 4. The van der Waals surface area contributed by atoms with E-state index >= 15 is 0 Å². The molecule has 1 amide bonds. The lowest BCUT2D eigenvalue weighted by Crippen LogP contribution is -2.49. The van der Waals surface area contributed by atoms with Gasteiger partial charge in [0.05, 0.1) is 16.3 Å². The van der Waals surface area contributed by atoms with Gasteiger partial charge < -0.3 is 9.80 Å². The summed E-state index contributed by atoms with van der Waals surface area (Å²) >= 11 is 1.12. The number of thioether (sulfide) groups is 1. The van der Waals surface area contributed by atoms with E-state index in [0.29, 0.717) is 31.2 Å². The zero-order chi connectivity index (χ0) is 19.4. The van der Waals surface area contributed by atoms with Crippen LogP contribution < -0.4 is 4.90 Å². The van der Waals surface area contributed by atoms with E-state index < -0.39 is 11.7 Å². The Kier molecular flexibility index (Phi) is 5.88. The molecule has 0 saturated carbocycles. The molecular weight excluding hydrogens is 382 g/mol. The number of carbonyl (C=O) groups excluding carboxylic acids is 1. The second-order valence-corrected chi connectivity index (χ2v) is 7.01. The van der Waals surface area contributed by atoms with Crippen LogP contribution in [0.1, 0.15) is 5.56 Å². The van der Waals surface area contributed by atoms with Crippen molar-refractivity contribution in [1.82, 2.24) is 9.88 Å². The van der Waals surface area contributed by atoms with Gasteiger partial charge in [-0.3, -0.25) is 4.79 Å². The molecule has 1 aromatic heterocycles. The smallest absolute Gasteiger partial charge is 0.368 e. The number of rotatable bonds is 4. The third kappa shape index (κ3) is 5.12. The average molecular weight is 399 g/mol. The van der Waals surface area contributed by atoms with E-state index in [2.05, 4.69) is 9.88 Å². The van der Waals surface area contributed by atoms with Gasteiger partial charge in [0, 0.05) is 38.1 Å². The average Bonchev–Trinajstić information content (AvgIpc) is 2.66. The molecule has 0 unspecified atom stereocenters. The van der Waals surface area contributed by atoms with Crippen molar-refractivity contribution in [2.75, 3.05) is 36.8 Å². The molecule has 27 heavy (non-hydrogen) atoms. The molecule has 1 aromatic carbocycles. The van der Waals surface area contributed by atoms with Gasteiger partial charge in [0.25, 0.3) is 0 Å². The summed E-state index contributed by atoms with van der Waals surface area (Å²) < 4.78 is 50.6. The molecule has 0 radical (unpaired) electrons. The first-order valence-electron chi connectivity index (χ1n) is 8.27. The summed E-state index contributed by atoms with van der Waals surface area (Å²) in [4.78, 5) is 19.9. The predicted octanol–water partition coefficient (Wildman–Crippen LogP) is 3.68. The molecule has 1 saturated heterocycles. The summed E-state index contributed by atoms with van der Waals surface area (Å²) in [6, 6.07) is 8.45. The molecule has 1 aliphatic rings. The summed E-state index contributed by atoms with van der Waals surface area (Å²) in [5, 5.41) is 0.376. The Bertz CT molecular complexity index is 773. The molecule has 9 heteroatoms. The van der Waals surface area contributed by atoms with Gasteiger partial charge in [-0.15, -0.1) is 0 Å². The van der Waals surface area contributed by atoms with Gasteiger partial charge in [0.2, 0.25) is 5.91 Å². The number of alkyl halides is 3. The quantitative estimate of drug-likeness (QED) is 0.581. The SMILES string of the molecule is O=C(CSc1ccc(C(F)(F)F)cn1)N1CCN(c2ccc(F)cc2)CC1. The van der Waals surface area contributed by atoms with Crippen LogP contribution in [-0.2, 0) is 11.0 Å². The molecular formula is C18H17F4N3OS. The first kappa shape index (κ1) is 19.5. The minimum Gasteiger partial charge on any atom is -0.368 e. The number of benzene rings is 1. The number of piperazine rings is 1. The summed E-state index contributed by atoms with van der Waals surface area (Å²) in [7, 11) is 0. The van der Waals surface area contributed by atoms with Gasteiger partial charge in [-0.2, -0.15) is 13.2 Å². The fourth-order valence-electron chi connectivity index (χ4n) is 2.73. The van der Waals surface area contributed by atoms with Crippen molar-refractivity contribution in [3.63, 3.8) is 0 Å². The lowest BCUT2D eigenvalue weighted by Gasteiger charge is -2.36. The van der Waals surface area contributed by atoms with Crippen LogP contribution in [0.25, 0.3) is 0 Å². The van der Waals surface area contributed by atoms with E-state index in [4.69, 9.17) is 0 Å². The van der Waals surface area contributed by atoms with Gasteiger partial charge in [-0.25, -0.2) is 9.37 Å². The Morgan fingerprint density at radius 3 is 2.26 bits per heavy atom. The van der Waals surface area contributed by atoms with Crippen LogP contribution in [0.15, 0.2) is 47.6 Å². The number of aromatic nitrogens is 1. The molecule has 0 bridgehead atoms. The van der Waals surface area contributed by atoms with Crippen molar-refractivity contribution < 1.29 is 22.4 Å². The molecule has 2 aromatic rings. The summed E-state index contributed by atoms with van der Waals surface area (Å²) in [5.41, 5.74) is 0.0990. The van der Waals surface area contributed by atoms with Crippen molar-refractivity contribution in [3.05, 3.63) is 54.0 Å². The van der Waals surface area contributed by atoms with Crippen LogP contribution in [0.3, 0.4) is 0 Å². The summed E-state index contributed by atoms with van der Waals surface area (Å²) in [6.45, 7) is 2.36. The van der Waals surface area contributed by atoms with Crippen molar-refractivity contribution in [2.45, 2.75) is 11.2 Å². The topological polar surface area (TPSA) is 36.4 Å². The molecule has 0 N–H and O–H groups in total. The number of halogens is 4. The zero-order valence-corrected chi connectivity index (χ0v) is 15.1. The largest absolute Gasteiger partial charge is 0.417 e. The molecule has 0 aliphatic carbocycles. The molecule has 1 fully saturated rings. The number of nitrogens with zero attached hydrogens (tertiary/aromatic N) is 3. The highest BCUT2D eigenvalue weighted by atomic mass is 32.2. The summed E-state index contributed by atoms with van der Waals surface area (Å²) in [6.07, 6.45) is -3.65. The Labute approximate surface area is 158 Å². The number of hydrogen-bond donors (Lipinski definition) is 0. The van der Waals surface area contributed by atoms with Gasteiger partial charge in [-0.05, 0) is 36.4 Å². The highest BCUT2D eigenvalue weighted by molar-refractivity contribution is 7.99. The minimum absolute atomic E-state index is 0.0829. The van der Waals surface area contributed by atoms with Crippen LogP contribution in [0.2, 0.25) is 0 Å². The van der Waals surface area contributed by atoms with Crippen molar-refractivity contribution in [2.24, 2.45) is 0 Å². The molecule has 0 atom stereocenters. The Morgan fingerprint density at radius 1 is 1.04 bits per heavy atom. The van der Waals surface area contributed by atoms with Crippen molar-refractivity contribution >= 4 is 23.4 Å². The first-order valence-corrected chi connectivity index (χ1v) is 9.26. The number of pyridine rings is 1. The van der Waals surface area contributed by atoms with E-state index in [-0.39, 0.29) is 17.5 Å². The van der Waals surface area contributed by atoms with E-state index in [1.807, 2.05) is 0 Å². The third-order valence-corrected chi connectivity index (χ3v) is 5.16. The standard InChI is InChI=1S/C18H17F4N3OS/c19-14-2-4-15(5-3-14)24-7-9-25(10-8-24)17(26)12-27-16-6-1-13(11-23-16)18(20,21)22/h1-6,11H,7-10,12H2. The molecule has 4 nitrogen and oxygen atoms in total. The fraction of sp³-hybridized carbons (Fsp3) is 0.333. The van der Waals surface area contributed by atoms with Crippen LogP contribution in [-0.4, -0.2) is 47.7 Å². The van der Waals surface area contributed by atoms with E-state index in [9.17, 15) is 22.4 Å². The second-order valence-electron chi connectivity index (χ2n) is 6.02. The summed E-state index contributed by atoms with van der Waals surface area (Å²) in [5.74, 6) is -0.253. The monoisotopic (exact) mass is 399 g/mol. The maximum atomic E-state index is 13.0. The van der Waals surface area contributed by atoms with Crippen LogP contribution >= 0.6 is 11.8 Å². The molecule has 1 aliphatic heterocycles. The normalized spacial score (nSPS) is 15.1. The van der Waals surface area contributed by atoms with Crippen LogP contribution in [0.4, 0.5) is 23.2 Å². The minimum atomic E-state index is -4.42. The lowest BCUT2D eigenvalue weighted by molar-refractivity contribution is -0.138. The number of carbonyl (C=O) groups is 1. The fourth-order valence-corrected chi connectivity index (χ4v) is 3.47. The van der Waals surface area contributed by atoms with Crippen LogP contribution in [0.5, 0.6) is 0 Å². The highest BCUT2D eigenvalue weighted by Gasteiger charge is 2.30. The zero-order valence-electron chi connectivity index (χ0n) is 14.2. The van der Waals surface area contributed by atoms with Gasteiger partial charge in [-0.1, -0.05) is 11.8 Å². The second kappa shape index (κ2) is 8.16.